The molecule has 3 nitrogen and oxygen atoms in total. The van der Waals surface area contributed by atoms with E-state index in [0.717, 1.165) is 0 Å². The molecule has 1 heterocycles. The third-order valence-corrected chi connectivity index (χ3v) is 2.96. The first-order valence-electron chi connectivity index (χ1n) is 5.09. The van der Waals surface area contributed by atoms with Crippen LogP contribution in [0.1, 0.15) is 39.5 Å². The van der Waals surface area contributed by atoms with Gasteiger partial charge in [-0.1, -0.05) is 6.42 Å². The predicted molar refractivity (Wildman–Crippen MR) is 51.7 cm³/mol. The summed E-state index contributed by atoms with van der Waals surface area (Å²) in [6.07, 6.45) is 3.98. The first-order chi connectivity index (χ1) is 6.11. The van der Waals surface area contributed by atoms with E-state index in [1.54, 1.807) is 0 Å². The maximum absolute atomic E-state index is 10.4. The fourth-order valence-electron chi connectivity index (χ4n) is 2.14. The molecule has 13 heavy (non-hydrogen) atoms. The zero-order valence-corrected chi connectivity index (χ0v) is 8.49. The molecule has 1 aliphatic rings. The number of carboxylic acids is 1. The van der Waals surface area contributed by atoms with Gasteiger partial charge in [0, 0.05) is 18.6 Å². The molecule has 0 bridgehead atoms. The van der Waals surface area contributed by atoms with E-state index in [9.17, 15) is 4.79 Å². The minimum atomic E-state index is -0.690. The largest absolute Gasteiger partial charge is 0.481 e. The molecule has 0 radical (unpaired) electrons. The van der Waals surface area contributed by atoms with Gasteiger partial charge in [-0.3, -0.25) is 9.69 Å². The van der Waals surface area contributed by atoms with Crippen LogP contribution in [0, 0.1) is 0 Å². The van der Waals surface area contributed by atoms with E-state index < -0.39 is 5.97 Å². The molecule has 76 valence electrons. The van der Waals surface area contributed by atoms with Crippen LogP contribution in [0.15, 0.2) is 0 Å². The summed E-state index contributed by atoms with van der Waals surface area (Å²) < 4.78 is 0. The summed E-state index contributed by atoms with van der Waals surface area (Å²) in [6.45, 7) is 5.09. The highest BCUT2D eigenvalue weighted by Gasteiger charge is 2.24. The van der Waals surface area contributed by atoms with Crippen molar-refractivity contribution in [3.63, 3.8) is 0 Å². The van der Waals surface area contributed by atoms with Crippen molar-refractivity contribution in [1.29, 1.82) is 0 Å². The van der Waals surface area contributed by atoms with Crippen LogP contribution in [0.25, 0.3) is 0 Å². The topological polar surface area (TPSA) is 40.5 Å². The lowest BCUT2D eigenvalue weighted by molar-refractivity contribution is -0.137. The maximum Gasteiger partial charge on any atom is 0.304 e. The maximum atomic E-state index is 10.4. The van der Waals surface area contributed by atoms with Gasteiger partial charge in [0.1, 0.15) is 0 Å². The molecule has 0 aromatic heterocycles. The molecule has 2 atom stereocenters. The van der Waals surface area contributed by atoms with Crippen molar-refractivity contribution >= 4 is 5.97 Å². The Morgan fingerprint density at radius 1 is 1.38 bits per heavy atom. The normalized spacial score (nSPS) is 30.3. The number of carboxylic acid groups (broad SMARTS) is 1. The van der Waals surface area contributed by atoms with Crippen LogP contribution in [-0.2, 0) is 4.79 Å². The summed E-state index contributed by atoms with van der Waals surface area (Å²) in [4.78, 5) is 12.7. The van der Waals surface area contributed by atoms with E-state index in [-0.39, 0.29) is 6.42 Å². The highest BCUT2D eigenvalue weighted by molar-refractivity contribution is 5.66. The number of rotatable bonds is 3. The van der Waals surface area contributed by atoms with Crippen molar-refractivity contribution in [3.05, 3.63) is 0 Å². The van der Waals surface area contributed by atoms with Crippen LogP contribution in [0.4, 0.5) is 0 Å². The fourth-order valence-corrected chi connectivity index (χ4v) is 2.14. The fraction of sp³-hybridized carbons (Fsp3) is 0.900. The number of aliphatic carboxylic acids is 1. The van der Waals surface area contributed by atoms with Crippen molar-refractivity contribution in [1.82, 2.24) is 4.90 Å². The average Bonchev–Trinajstić information content (AvgIpc) is 2.03. The number of carbonyl (C=O) groups is 1. The number of likely N-dealkylation sites (tertiary alicyclic amines) is 1. The second kappa shape index (κ2) is 4.61. The Morgan fingerprint density at radius 3 is 2.38 bits per heavy atom. The average molecular weight is 185 g/mol. The van der Waals surface area contributed by atoms with Crippen LogP contribution in [-0.4, -0.2) is 34.6 Å². The van der Waals surface area contributed by atoms with Gasteiger partial charge in [0.25, 0.3) is 0 Å². The number of hydrogen-bond acceptors (Lipinski definition) is 2. The lowest BCUT2D eigenvalue weighted by atomic mass is 9.97. The Bertz CT molecular complexity index is 172. The van der Waals surface area contributed by atoms with Crippen LogP contribution in [0.3, 0.4) is 0 Å². The molecular weight excluding hydrogens is 166 g/mol. The van der Waals surface area contributed by atoms with E-state index in [2.05, 4.69) is 18.7 Å². The van der Waals surface area contributed by atoms with Gasteiger partial charge in [-0.2, -0.15) is 0 Å². The Morgan fingerprint density at radius 2 is 1.92 bits per heavy atom. The minimum Gasteiger partial charge on any atom is -0.481 e. The summed E-state index contributed by atoms with van der Waals surface area (Å²) in [5, 5.41) is 8.59. The van der Waals surface area contributed by atoms with Crippen molar-refractivity contribution in [2.24, 2.45) is 0 Å². The summed E-state index contributed by atoms with van der Waals surface area (Å²) in [5.41, 5.74) is 0. The van der Waals surface area contributed by atoms with Crippen LogP contribution >= 0.6 is 0 Å². The smallest absolute Gasteiger partial charge is 0.304 e. The molecule has 1 rings (SSSR count). The van der Waals surface area contributed by atoms with Crippen LogP contribution < -0.4 is 0 Å². The van der Waals surface area contributed by atoms with Crippen LogP contribution in [0.2, 0.25) is 0 Å². The second-order valence-corrected chi connectivity index (χ2v) is 4.01. The van der Waals surface area contributed by atoms with Gasteiger partial charge in [-0.25, -0.2) is 0 Å². The quantitative estimate of drug-likeness (QED) is 0.728. The van der Waals surface area contributed by atoms with Gasteiger partial charge in [-0.05, 0) is 26.7 Å². The summed E-state index contributed by atoms with van der Waals surface area (Å²) in [5.74, 6) is -0.690. The Hall–Kier alpha value is -0.570. The predicted octanol–water partition coefficient (Wildman–Crippen LogP) is 1.72. The van der Waals surface area contributed by atoms with E-state index >= 15 is 0 Å². The zero-order valence-electron chi connectivity index (χ0n) is 8.49. The molecule has 0 amide bonds. The highest BCUT2D eigenvalue weighted by atomic mass is 16.4. The zero-order chi connectivity index (χ0) is 9.84. The molecule has 3 heteroatoms. The first-order valence-corrected chi connectivity index (χ1v) is 5.09. The molecule has 1 aliphatic heterocycles. The lowest BCUT2D eigenvalue weighted by Crippen LogP contribution is -2.44. The molecule has 0 unspecified atom stereocenters. The number of nitrogens with zero attached hydrogens (tertiary/aromatic N) is 1. The van der Waals surface area contributed by atoms with E-state index in [1.165, 1.54) is 19.3 Å². The summed E-state index contributed by atoms with van der Waals surface area (Å²) in [7, 11) is 0. The third-order valence-electron chi connectivity index (χ3n) is 2.96. The summed E-state index contributed by atoms with van der Waals surface area (Å²) >= 11 is 0. The minimum absolute atomic E-state index is 0.272. The molecule has 0 spiro atoms. The second-order valence-electron chi connectivity index (χ2n) is 4.01. The summed E-state index contributed by atoms with van der Waals surface area (Å²) in [6, 6.07) is 1.12. The van der Waals surface area contributed by atoms with E-state index in [1.807, 2.05) is 0 Å². The van der Waals surface area contributed by atoms with Gasteiger partial charge in [0.05, 0.1) is 6.42 Å². The first kappa shape index (κ1) is 10.5. The van der Waals surface area contributed by atoms with Gasteiger partial charge in [-0.15, -0.1) is 0 Å². The van der Waals surface area contributed by atoms with Crippen molar-refractivity contribution in [2.75, 3.05) is 6.54 Å². The number of piperidine rings is 1. The third kappa shape index (κ3) is 2.99. The monoisotopic (exact) mass is 185 g/mol. The Kier molecular flexibility index (Phi) is 3.72. The molecular formula is C10H19NO2. The molecule has 0 aliphatic carbocycles. The molecule has 1 fully saturated rings. The van der Waals surface area contributed by atoms with Crippen LogP contribution in [0.5, 0.6) is 0 Å². The van der Waals surface area contributed by atoms with Gasteiger partial charge >= 0.3 is 5.97 Å². The van der Waals surface area contributed by atoms with E-state index in [4.69, 9.17) is 5.11 Å². The van der Waals surface area contributed by atoms with Gasteiger partial charge in [0.15, 0.2) is 0 Å². The molecule has 1 saturated heterocycles. The Balaban J connectivity index is 2.39. The highest BCUT2D eigenvalue weighted by Crippen LogP contribution is 2.22. The molecule has 1 N–H and O–H groups in total. The number of hydrogen-bond donors (Lipinski definition) is 1. The van der Waals surface area contributed by atoms with Crippen molar-refractivity contribution in [3.8, 4) is 0 Å². The SMILES string of the molecule is C[C@H]1CCC[C@H](C)N1CCC(=O)O. The standard InChI is InChI=1S/C10H19NO2/c1-8-4-3-5-9(2)11(8)7-6-10(12)13/h8-9H,3-7H2,1-2H3,(H,12,13)/t8-,9-/m0/s1. The lowest BCUT2D eigenvalue weighted by Gasteiger charge is -2.38. The van der Waals surface area contributed by atoms with Gasteiger partial charge in [0.2, 0.25) is 0 Å². The van der Waals surface area contributed by atoms with Crippen molar-refractivity contribution < 1.29 is 9.90 Å². The molecule has 0 aromatic rings. The molecule has 0 aromatic carbocycles. The Labute approximate surface area is 79.7 Å². The van der Waals surface area contributed by atoms with E-state index in [0.29, 0.717) is 18.6 Å². The van der Waals surface area contributed by atoms with Crippen molar-refractivity contribution in [2.45, 2.75) is 51.6 Å². The van der Waals surface area contributed by atoms with Gasteiger partial charge < -0.3 is 5.11 Å². The molecule has 0 saturated carbocycles.